The average molecular weight is 325 g/mol. The van der Waals surface area contributed by atoms with Crippen molar-refractivity contribution in [2.24, 2.45) is 0 Å². The molecule has 0 unspecified atom stereocenters. The molecule has 0 aliphatic heterocycles. The van der Waals surface area contributed by atoms with Crippen LogP contribution in [0.2, 0.25) is 0 Å². The van der Waals surface area contributed by atoms with E-state index in [4.69, 9.17) is 4.74 Å². The van der Waals surface area contributed by atoms with Gasteiger partial charge >= 0.3 is 5.97 Å². The number of hydrogen-bond donors (Lipinski definition) is 1. The van der Waals surface area contributed by atoms with E-state index in [2.05, 4.69) is 5.32 Å². The molecule has 0 radical (unpaired) electrons. The van der Waals surface area contributed by atoms with Crippen LogP contribution < -0.4 is 5.32 Å². The summed E-state index contributed by atoms with van der Waals surface area (Å²) in [6.45, 7) is 9.46. The van der Waals surface area contributed by atoms with Crippen molar-refractivity contribution in [3.8, 4) is 0 Å². The van der Waals surface area contributed by atoms with Gasteiger partial charge < -0.3 is 14.5 Å². The van der Waals surface area contributed by atoms with Gasteiger partial charge in [0.05, 0.1) is 38.0 Å². The molecule has 1 rings (SSSR count). The Kier molecular flexibility index (Phi) is 6.69. The van der Waals surface area contributed by atoms with Crippen LogP contribution in [0, 0.1) is 12.7 Å². The summed E-state index contributed by atoms with van der Waals surface area (Å²) >= 11 is 0. The Balaban J connectivity index is 3.08. The van der Waals surface area contributed by atoms with Gasteiger partial charge in [0, 0.05) is 0 Å². The first-order chi connectivity index (χ1) is 10.8. The summed E-state index contributed by atoms with van der Waals surface area (Å²) in [6.07, 6.45) is 0. The molecule has 0 atom stereocenters. The number of benzene rings is 1. The van der Waals surface area contributed by atoms with Gasteiger partial charge in [-0.3, -0.25) is 4.79 Å². The molecule has 0 heterocycles. The number of quaternary nitrogens is 1. The number of halogens is 1. The fraction of sp³-hybridized carbons (Fsp3) is 0.529. The van der Waals surface area contributed by atoms with Crippen LogP contribution in [-0.2, 0) is 9.53 Å². The Bertz CT molecular complexity index is 583. The number of aryl methyl sites for hydroxylation is 1. The Morgan fingerprint density at radius 3 is 2.35 bits per heavy atom. The summed E-state index contributed by atoms with van der Waals surface area (Å²) in [6, 6.07) is 2.38. The summed E-state index contributed by atoms with van der Waals surface area (Å²) in [5.41, 5.74) is 0.845. The van der Waals surface area contributed by atoms with E-state index in [9.17, 15) is 14.0 Å². The molecule has 0 saturated carbocycles. The lowest BCUT2D eigenvalue weighted by atomic mass is 10.1. The zero-order chi connectivity index (χ0) is 17.6. The van der Waals surface area contributed by atoms with Gasteiger partial charge in [0.2, 0.25) is 0 Å². The average Bonchev–Trinajstić information content (AvgIpc) is 2.49. The van der Waals surface area contributed by atoms with E-state index in [0.717, 1.165) is 19.2 Å². The van der Waals surface area contributed by atoms with Gasteiger partial charge in [-0.1, -0.05) is 0 Å². The Morgan fingerprint density at radius 1 is 1.22 bits per heavy atom. The van der Waals surface area contributed by atoms with Crippen molar-refractivity contribution in [2.75, 3.05) is 38.6 Å². The first-order valence-corrected chi connectivity index (χ1v) is 7.87. The molecule has 0 fully saturated rings. The lowest BCUT2D eigenvalue weighted by molar-refractivity contribution is -0.898. The van der Waals surface area contributed by atoms with E-state index in [-0.39, 0.29) is 24.6 Å². The quantitative estimate of drug-likeness (QED) is 0.619. The first kappa shape index (κ1) is 19.1. The van der Waals surface area contributed by atoms with Gasteiger partial charge in [0.1, 0.15) is 5.82 Å². The SMILES string of the molecule is CCOC(=O)c1cc(F)cc(C)c1NC(=O)C[N+](C)(CC)CC. The maximum Gasteiger partial charge on any atom is 0.340 e. The Hall–Kier alpha value is -1.95. The predicted molar refractivity (Wildman–Crippen MR) is 87.9 cm³/mol. The fourth-order valence-corrected chi connectivity index (χ4v) is 2.25. The standard InChI is InChI=1S/C17H25FN2O3/c1-6-20(5,7-2)11-15(21)19-16-12(4)9-13(18)10-14(16)17(22)23-8-3/h9-10H,6-8,11H2,1-5H3/p+1. The van der Waals surface area contributed by atoms with Gasteiger partial charge in [-0.05, 0) is 45.4 Å². The second-order valence-electron chi connectivity index (χ2n) is 5.82. The minimum absolute atomic E-state index is 0.0416. The van der Waals surface area contributed by atoms with Crippen LogP contribution in [-0.4, -0.2) is 49.6 Å². The second kappa shape index (κ2) is 8.06. The third-order valence-electron chi connectivity index (χ3n) is 4.11. The monoisotopic (exact) mass is 325 g/mol. The number of esters is 1. The highest BCUT2D eigenvalue weighted by atomic mass is 19.1. The number of nitrogens with one attached hydrogen (secondary N) is 1. The number of likely N-dealkylation sites (N-methyl/N-ethyl adjacent to an activating group) is 1. The zero-order valence-electron chi connectivity index (χ0n) is 14.5. The molecular formula is C17H26FN2O3+. The third kappa shape index (κ3) is 5.03. The molecule has 1 aromatic carbocycles. The fourth-order valence-electron chi connectivity index (χ4n) is 2.25. The molecule has 0 spiro atoms. The number of hydrogen-bond acceptors (Lipinski definition) is 3. The van der Waals surface area contributed by atoms with E-state index in [1.165, 1.54) is 6.07 Å². The highest BCUT2D eigenvalue weighted by Crippen LogP contribution is 2.23. The van der Waals surface area contributed by atoms with Crippen molar-refractivity contribution in [3.63, 3.8) is 0 Å². The maximum atomic E-state index is 13.6. The predicted octanol–water partition coefficient (Wildman–Crippen LogP) is 2.74. The summed E-state index contributed by atoms with van der Waals surface area (Å²) in [4.78, 5) is 24.3. The Morgan fingerprint density at radius 2 is 1.83 bits per heavy atom. The van der Waals surface area contributed by atoms with Gasteiger partial charge in [-0.2, -0.15) is 0 Å². The van der Waals surface area contributed by atoms with Crippen molar-refractivity contribution in [3.05, 3.63) is 29.1 Å². The van der Waals surface area contributed by atoms with E-state index in [0.29, 0.717) is 15.7 Å². The molecule has 0 bridgehead atoms. The topological polar surface area (TPSA) is 55.4 Å². The van der Waals surface area contributed by atoms with Gasteiger partial charge in [-0.25, -0.2) is 9.18 Å². The molecule has 1 aromatic rings. The summed E-state index contributed by atoms with van der Waals surface area (Å²) in [7, 11) is 1.99. The molecule has 5 nitrogen and oxygen atoms in total. The molecule has 23 heavy (non-hydrogen) atoms. The van der Waals surface area contributed by atoms with Crippen molar-refractivity contribution in [1.82, 2.24) is 0 Å². The van der Waals surface area contributed by atoms with E-state index >= 15 is 0 Å². The number of rotatable bonds is 7. The van der Waals surface area contributed by atoms with Crippen LogP contribution in [0.1, 0.15) is 36.7 Å². The molecular weight excluding hydrogens is 299 g/mol. The minimum Gasteiger partial charge on any atom is -0.462 e. The number of ether oxygens (including phenoxy) is 1. The molecule has 0 aromatic heterocycles. The van der Waals surface area contributed by atoms with E-state index in [1.54, 1.807) is 13.8 Å². The largest absolute Gasteiger partial charge is 0.462 e. The minimum atomic E-state index is -0.645. The normalized spacial score (nSPS) is 11.2. The number of carbonyl (C=O) groups is 2. The van der Waals surface area contributed by atoms with Crippen LogP contribution >= 0.6 is 0 Å². The maximum absolute atomic E-state index is 13.6. The molecule has 1 amide bonds. The molecule has 0 aliphatic carbocycles. The van der Waals surface area contributed by atoms with Crippen LogP contribution in [0.5, 0.6) is 0 Å². The number of carbonyl (C=O) groups excluding carboxylic acids is 2. The van der Waals surface area contributed by atoms with Crippen LogP contribution in [0.15, 0.2) is 12.1 Å². The smallest absolute Gasteiger partial charge is 0.340 e. The van der Waals surface area contributed by atoms with Crippen molar-refractivity contribution >= 4 is 17.6 Å². The highest BCUT2D eigenvalue weighted by Gasteiger charge is 2.24. The summed E-state index contributed by atoms with van der Waals surface area (Å²) < 4.78 is 19.1. The number of amides is 1. The summed E-state index contributed by atoms with van der Waals surface area (Å²) in [5.74, 6) is -1.39. The lowest BCUT2D eigenvalue weighted by Gasteiger charge is -2.31. The second-order valence-corrected chi connectivity index (χ2v) is 5.82. The number of anilines is 1. The van der Waals surface area contributed by atoms with E-state index in [1.807, 2.05) is 20.9 Å². The van der Waals surface area contributed by atoms with Crippen LogP contribution in [0.4, 0.5) is 10.1 Å². The summed E-state index contributed by atoms with van der Waals surface area (Å²) in [5, 5.41) is 2.75. The molecule has 1 N–H and O–H groups in total. The van der Waals surface area contributed by atoms with Crippen molar-refractivity contribution in [1.29, 1.82) is 0 Å². The molecule has 128 valence electrons. The van der Waals surface area contributed by atoms with E-state index < -0.39 is 11.8 Å². The van der Waals surface area contributed by atoms with Crippen LogP contribution in [0.3, 0.4) is 0 Å². The third-order valence-corrected chi connectivity index (χ3v) is 4.11. The molecule has 0 aliphatic rings. The zero-order valence-corrected chi connectivity index (χ0v) is 14.5. The first-order valence-electron chi connectivity index (χ1n) is 7.87. The molecule has 0 saturated heterocycles. The highest BCUT2D eigenvalue weighted by molar-refractivity contribution is 6.02. The van der Waals surface area contributed by atoms with Crippen molar-refractivity contribution < 1.29 is 23.2 Å². The molecule has 6 heteroatoms. The van der Waals surface area contributed by atoms with Gasteiger partial charge in [0.15, 0.2) is 6.54 Å². The number of nitrogens with zero attached hydrogens (tertiary/aromatic N) is 1. The lowest BCUT2D eigenvalue weighted by Crippen LogP contribution is -2.48. The Labute approximate surface area is 137 Å². The van der Waals surface area contributed by atoms with Crippen LogP contribution in [0.25, 0.3) is 0 Å². The van der Waals surface area contributed by atoms with Gasteiger partial charge in [-0.15, -0.1) is 0 Å². The van der Waals surface area contributed by atoms with Crippen molar-refractivity contribution in [2.45, 2.75) is 27.7 Å². The van der Waals surface area contributed by atoms with Gasteiger partial charge in [0.25, 0.3) is 5.91 Å².